The molecule has 0 aliphatic rings. The molecule has 0 saturated carbocycles. The van der Waals surface area contributed by atoms with Crippen molar-refractivity contribution in [2.24, 2.45) is 5.73 Å². The summed E-state index contributed by atoms with van der Waals surface area (Å²) in [4.78, 5) is 66.0. The second-order valence-corrected chi connectivity index (χ2v) is 18.5. The molecule has 4 aromatic rings. The Labute approximate surface area is 365 Å². The van der Waals surface area contributed by atoms with E-state index < -0.39 is 56.6 Å². The fraction of sp³-hybridized carbons (Fsp3) is 0.410. The van der Waals surface area contributed by atoms with Crippen molar-refractivity contribution in [2.75, 3.05) is 13.1 Å². The number of benzene rings is 2. The van der Waals surface area contributed by atoms with Gasteiger partial charge in [-0.05, 0) is 69.0 Å². The lowest BCUT2D eigenvalue weighted by molar-refractivity contribution is -0.119. The van der Waals surface area contributed by atoms with Crippen LogP contribution in [0.2, 0.25) is 10.3 Å². The number of sulfonamides is 2. The molecule has 0 unspecified atom stereocenters. The summed E-state index contributed by atoms with van der Waals surface area (Å²) < 4.78 is 61.4. The normalized spacial score (nSPS) is 11.5. The number of carbonyl (C=O) groups excluding carboxylic acids is 5. The van der Waals surface area contributed by atoms with E-state index in [0.717, 1.165) is 31.2 Å². The smallest absolute Gasteiger partial charge is 0.408 e. The average Bonchev–Trinajstić information content (AvgIpc) is 3.66. The van der Waals surface area contributed by atoms with Crippen LogP contribution >= 0.6 is 23.2 Å². The third-order valence-corrected chi connectivity index (χ3v) is 11.8. The van der Waals surface area contributed by atoms with Gasteiger partial charge in [0.15, 0.2) is 22.9 Å². The molecular formula is C39H50Cl2N8O10S2. The number of carbonyl (C=O) groups is 5. The van der Waals surface area contributed by atoms with Gasteiger partial charge in [-0.1, -0.05) is 74.2 Å². The van der Waals surface area contributed by atoms with Gasteiger partial charge in [0.25, 0.3) is 26.0 Å². The van der Waals surface area contributed by atoms with Gasteiger partial charge in [-0.15, -0.1) is 0 Å². The number of nitrogens with one attached hydrogen (secondary N) is 3. The number of nitrogens with two attached hydrogens (primary N) is 1. The first-order chi connectivity index (χ1) is 28.7. The monoisotopic (exact) mass is 924 g/mol. The maximum Gasteiger partial charge on any atom is 0.408 e. The van der Waals surface area contributed by atoms with Gasteiger partial charge in [0.05, 0.1) is 16.3 Å². The number of aldehydes is 2. The van der Waals surface area contributed by atoms with E-state index in [1.54, 1.807) is 54.2 Å². The minimum atomic E-state index is -4.15. The minimum absolute atomic E-state index is 0.0569. The Morgan fingerprint density at radius 1 is 0.721 bits per heavy atom. The van der Waals surface area contributed by atoms with E-state index in [4.69, 9.17) is 33.7 Å². The quantitative estimate of drug-likeness (QED) is 0.0941. The highest BCUT2D eigenvalue weighted by molar-refractivity contribution is 7.90. The van der Waals surface area contributed by atoms with Crippen LogP contribution in [0.4, 0.5) is 4.79 Å². The number of hydrogen-bond acceptors (Lipinski definition) is 13. The Morgan fingerprint density at radius 2 is 1.11 bits per heavy atom. The summed E-state index contributed by atoms with van der Waals surface area (Å²) in [5.74, 6) is -0.325. The molecule has 0 saturated heterocycles. The van der Waals surface area contributed by atoms with Crippen LogP contribution in [-0.2, 0) is 60.3 Å². The number of unbranched alkanes of at least 4 members (excludes halogenated alkanes) is 2. The van der Waals surface area contributed by atoms with Gasteiger partial charge < -0.3 is 24.9 Å². The van der Waals surface area contributed by atoms with Crippen molar-refractivity contribution in [3.05, 3.63) is 93.0 Å². The lowest BCUT2D eigenvalue weighted by Crippen LogP contribution is -2.41. The predicted octanol–water partition coefficient (Wildman–Crippen LogP) is 4.57. The molecule has 0 aliphatic heterocycles. The Hall–Kier alpha value is -5.15. The molecule has 18 nitrogen and oxygen atoms in total. The van der Waals surface area contributed by atoms with Crippen molar-refractivity contribution in [1.29, 1.82) is 0 Å². The SMILES string of the molecule is CCCCc1nc(Cl)c(C=O)n1Cc1ccc(S(=O)(=O)NC(=O)CN)cc1.CCCCc1nc(Cl)c(C=O)n1Cc1ccc(S(=O)(=O)NC(=O)CNC(=O)OC(C)(C)C)cc1. The van der Waals surface area contributed by atoms with E-state index in [0.29, 0.717) is 49.2 Å². The first-order valence-electron chi connectivity index (χ1n) is 19.0. The van der Waals surface area contributed by atoms with Gasteiger partial charge in [0.1, 0.15) is 35.2 Å². The van der Waals surface area contributed by atoms with Gasteiger partial charge in [0, 0.05) is 25.9 Å². The zero-order chi connectivity index (χ0) is 45.5. The molecule has 0 radical (unpaired) electrons. The van der Waals surface area contributed by atoms with Crippen LogP contribution < -0.4 is 20.5 Å². The number of amides is 3. The van der Waals surface area contributed by atoms with Gasteiger partial charge in [0.2, 0.25) is 5.91 Å². The van der Waals surface area contributed by atoms with Crippen molar-refractivity contribution in [2.45, 2.75) is 102 Å². The maximum atomic E-state index is 12.5. The van der Waals surface area contributed by atoms with E-state index in [2.05, 4.69) is 22.2 Å². The number of aryl methyl sites for hydroxylation is 2. The summed E-state index contributed by atoms with van der Waals surface area (Å²) in [6, 6.07) is 11.8. The predicted molar refractivity (Wildman–Crippen MR) is 228 cm³/mol. The molecule has 3 amide bonds. The highest BCUT2D eigenvalue weighted by Crippen LogP contribution is 2.22. The van der Waals surface area contributed by atoms with Gasteiger partial charge in [-0.25, -0.2) is 41.0 Å². The molecule has 0 aliphatic carbocycles. The Morgan fingerprint density at radius 3 is 1.46 bits per heavy atom. The van der Waals surface area contributed by atoms with Crippen molar-refractivity contribution in [3.8, 4) is 0 Å². The second kappa shape index (κ2) is 22.6. The first kappa shape index (κ1) is 50.2. The van der Waals surface area contributed by atoms with Gasteiger partial charge >= 0.3 is 6.09 Å². The standard InChI is InChI=1S/C22H29ClN4O6S.C17H21ClN4O4S/c1-5-6-7-18-25-20(23)17(14-28)27(18)13-15-8-10-16(11-9-15)34(31,32)26-19(29)12-24-21(30)33-22(2,3)4;1-2-3-4-15-20-17(18)14(11-23)22(15)10-12-5-7-13(8-6-12)27(25,26)21-16(24)9-19/h8-11,14H,5-7,12-13H2,1-4H3,(H,24,30)(H,26,29);5-8,11H,2-4,9-10,19H2,1H3,(H,21,24). The van der Waals surface area contributed by atoms with Crippen LogP contribution in [0.1, 0.15) is 104 Å². The minimum Gasteiger partial charge on any atom is -0.444 e. The Bertz CT molecular complexity index is 2390. The van der Waals surface area contributed by atoms with Crippen LogP contribution in [0.25, 0.3) is 0 Å². The van der Waals surface area contributed by atoms with E-state index in [1.807, 2.05) is 16.4 Å². The summed E-state index contributed by atoms with van der Waals surface area (Å²) in [5.41, 5.74) is 6.39. The molecule has 0 spiro atoms. The number of rotatable bonds is 19. The number of nitrogens with zero attached hydrogens (tertiary/aromatic N) is 4. The van der Waals surface area contributed by atoms with Crippen LogP contribution in [0.3, 0.4) is 0 Å². The lowest BCUT2D eigenvalue weighted by atomic mass is 10.2. The van der Waals surface area contributed by atoms with Crippen molar-refractivity contribution < 1.29 is 45.5 Å². The van der Waals surface area contributed by atoms with E-state index >= 15 is 0 Å². The largest absolute Gasteiger partial charge is 0.444 e. The van der Waals surface area contributed by atoms with Crippen LogP contribution in [-0.4, -0.2) is 85.1 Å². The molecule has 0 bridgehead atoms. The molecule has 2 heterocycles. The molecule has 0 fully saturated rings. The third-order valence-electron chi connectivity index (χ3n) is 8.44. The summed E-state index contributed by atoms with van der Waals surface area (Å²) in [6.45, 7) is 8.69. The number of imidazole rings is 2. The Kier molecular flexibility index (Phi) is 18.6. The van der Waals surface area contributed by atoms with E-state index in [1.165, 1.54) is 24.3 Å². The van der Waals surface area contributed by atoms with Crippen LogP contribution in [0.5, 0.6) is 0 Å². The highest BCUT2D eigenvalue weighted by Gasteiger charge is 2.22. The van der Waals surface area contributed by atoms with Crippen molar-refractivity contribution in [3.63, 3.8) is 0 Å². The number of hydrogen-bond donors (Lipinski definition) is 4. The zero-order valence-corrected chi connectivity index (χ0v) is 37.5. The van der Waals surface area contributed by atoms with Crippen molar-refractivity contribution >= 4 is 73.7 Å². The third kappa shape index (κ3) is 15.1. The number of aromatic nitrogens is 4. The molecular weight excluding hydrogens is 876 g/mol. The number of halogens is 2. The average molecular weight is 926 g/mol. The molecule has 61 heavy (non-hydrogen) atoms. The van der Waals surface area contributed by atoms with Gasteiger partial charge in [-0.3, -0.25) is 19.2 Å². The molecule has 4 rings (SSSR count). The summed E-state index contributed by atoms with van der Waals surface area (Å²) in [7, 11) is -8.12. The topological polar surface area (TPSA) is 261 Å². The maximum absolute atomic E-state index is 12.5. The molecule has 332 valence electrons. The van der Waals surface area contributed by atoms with Crippen LogP contribution in [0.15, 0.2) is 58.3 Å². The fourth-order valence-corrected chi connectivity index (χ4v) is 7.93. The van der Waals surface area contributed by atoms with E-state index in [9.17, 15) is 40.8 Å². The fourth-order valence-electron chi connectivity index (χ4n) is 5.47. The van der Waals surface area contributed by atoms with Gasteiger partial charge in [-0.2, -0.15) is 0 Å². The summed E-state index contributed by atoms with van der Waals surface area (Å²) in [5, 5.41) is 2.48. The molecule has 2 aromatic heterocycles. The number of ether oxygens (including phenoxy) is 1. The summed E-state index contributed by atoms with van der Waals surface area (Å²) in [6.07, 6.45) is 5.51. The Balaban J connectivity index is 0.000000334. The second-order valence-electron chi connectivity index (χ2n) is 14.4. The van der Waals surface area contributed by atoms with E-state index in [-0.39, 0.29) is 38.0 Å². The molecule has 22 heteroatoms. The first-order valence-corrected chi connectivity index (χ1v) is 22.8. The number of alkyl carbamates (subject to hydrolysis) is 1. The zero-order valence-electron chi connectivity index (χ0n) is 34.4. The molecule has 0 atom stereocenters. The van der Waals surface area contributed by atoms with Crippen LogP contribution in [0, 0.1) is 0 Å². The molecule has 5 N–H and O–H groups in total. The highest BCUT2D eigenvalue weighted by atomic mass is 35.5. The van der Waals surface area contributed by atoms with Crippen molar-refractivity contribution in [1.82, 2.24) is 33.9 Å². The summed E-state index contributed by atoms with van der Waals surface area (Å²) >= 11 is 12.1. The lowest BCUT2D eigenvalue weighted by Gasteiger charge is -2.19. The molecule has 2 aromatic carbocycles.